The van der Waals surface area contributed by atoms with Crippen LogP contribution in [0.25, 0.3) is 11.0 Å². The minimum absolute atomic E-state index is 0.0734. The highest BCUT2D eigenvalue weighted by atomic mass is 19.2. The van der Waals surface area contributed by atoms with Crippen LogP contribution in [0.2, 0.25) is 0 Å². The SMILES string of the molecule is COc1c(F)c(F)cc(CNc2cnc3ccccc3n2)c1F. The zero-order chi connectivity index (χ0) is 16.4. The predicted molar refractivity (Wildman–Crippen MR) is 79.7 cm³/mol. The molecule has 1 aromatic heterocycles. The Hall–Kier alpha value is -2.83. The first kappa shape index (κ1) is 15.1. The molecule has 23 heavy (non-hydrogen) atoms. The van der Waals surface area contributed by atoms with Crippen molar-refractivity contribution in [2.24, 2.45) is 0 Å². The number of halogens is 3. The average Bonchev–Trinajstić information content (AvgIpc) is 2.57. The fourth-order valence-electron chi connectivity index (χ4n) is 2.17. The smallest absolute Gasteiger partial charge is 0.203 e. The molecular weight excluding hydrogens is 307 g/mol. The molecule has 3 rings (SSSR count). The molecule has 118 valence electrons. The highest BCUT2D eigenvalue weighted by Crippen LogP contribution is 2.27. The molecule has 0 unspecified atom stereocenters. The lowest BCUT2D eigenvalue weighted by atomic mass is 10.1. The van der Waals surface area contributed by atoms with E-state index in [1.807, 2.05) is 18.2 Å². The van der Waals surface area contributed by atoms with Gasteiger partial charge in [-0.05, 0) is 18.2 Å². The first-order valence-electron chi connectivity index (χ1n) is 6.76. The van der Waals surface area contributed by atoms with Gasteiger partial charge in [0, 0.05) is 12.1 Å². The summed E-state index contributed by atoms with van der Waals surface area (Å²) < 4.78 is 45.5. The van der Waals surface area contributed by atoms with Crippen LogP contribution in [0.15, 0.2) is 36.5 Å². The van der Waals surface area contributed by atoms with Gasteiger partial charge in [-0.3, -0.25) is 4.98 Å². The lowest BCUT2D eigenvalue weighted by molar-refractivity contribution is 0.344. The van der Waals surface area contributed by atoms with E-state index in [1.165, 1.54) is 6.20 Å². The quantitative estimate of drug-likeness (QED) is 0.746. The maximum atomic E-state index is 14.1. The standard InChI is InChI=1S/C16H12F3N3O/c1-23-16-14(18)9(6-10(17)15(16)19)7-21-13-8-20-11-4-2-3-5-12(11)22-13/h2-6,8H,7H2,1H3,(H,21,22). The van der Waals surface area contributed by atoms with Crippen molar-refractivity contribution in [3.8, 4) is 5.75 Å². The second-order valence-corrected chi connectivity index (χ2v) is 4.78. The Kier molecular flexibility index (Phi) is 4.01. The summed E-state index contributed by atoms with van der Waals surface area (Å²) in [5.74, 6) is -3.82. The summed E-state index contributed by atoms with van der Waals surface area (Å²) in [7, 11) is 1.08. The van der Waals surface area contributed by atoms with Gasteiger partial charge in [0.05, 0.1) is 24.3 Å². The summed E-state index contributed by atoms with van der Waals surface area (Å²) in [6.07, 6.45) is 1.48. The molecule has 2 aromatic carbocycles. The topological polar surface area (TPSA) is 47.0 Å². The van der Waals surface area contributed by atoms with E-state index in [9.17, 15) is 13.2 Å². The number of benzene rings is 2. The zero-order valence-electron chi connectivity index (χ0n) is 12.1. The van der Waals surface area contributed by atoms with E-state index >= 15 is 0 Å². The van der Waals surface area contributed by atoms with Gasteiger partial charge in [0.1, 0.15) is 5.82 Å². The van der Waals surface area contributed by atoms with Crippen LogP contribution in [0.4, 0.5) is 19.0 Å². The Morgan fingerprint density at radius 2 is 1.83 bits per heavy atom. The van der Waals surface area contributed by atoms with Gasteiger partial charge in [0.25, 0.3) is 0 Å². The first-order valence-corrected chi connectivity index (χ1v) is 6.76. The zero-order valence-corrected chi connectivity index (χ0v) is 12.1. The molecule has 0 amide bonds. The van der Waals surface area contributed by atoms with Crippen LogP contribution in [-0.2, 0) is 6.54 Å². The molecule has 0 bridgehead atoms. The average molecular weight is 319 g/mol. The van der Waals surface area contributed by atoms with Crippen molar-refractivity contribution in [3.05, 3.63) is 59.5 Å². The molecule has 0 fully saturated rings. The third kappa shape index (κ3) is 2.90. The first-order chi connectivity index (χ1) is 11.1. The number of hydrogen-bond donors (Lipinski definition) is 1. The minimum atomic E-state index is -1.35. The molecule has 1 heterocycles. The van der Waals surface area contributed by atoms with E-state index < -0.39 is 23.2 Å². The molecule has 0 spiro atoms. The molecule has 7 heteroatoms. The van der Waals surface area contributed by atoms with Gasteiger partial charge in [-0.2, -0.15) is 4.39 Å². The van der Waals surface area contributed by atoms with Crippen LogP contribution in [0, 0.1) is 17.5 Å². The normalized spacial score (nSPS) is 10.8. The lowest BCUT2D eigenvalue weighted by Crippen LogP contribution is -2.07. The Morgan fingerprint density at radius 1 is 1.09 bits per heavy atom. The van der Waals surface area contributed by atoms with Crippen LogP contribution >= 0.6 is 0 Å². The van der Waals surface area contributed by atoms with Crippen molar-refractivity contribution < 1.29 is 17.9 Å². The summed E-state index contributed by atoms with van der Waals surface area (Å²) in [6, 6.07) is 8.04. The van der Waals surface area contributed by atoms with Gasteiger partial charge in [0.2, 0.25) is 5.82 Å². The summed E-state index contributed by atoms with van der Waals surface area (Å²) >= 11 is 0. The Balaban J connectivity index is 1.86. The van der Waals surface area contributed by atoms with Crippen molar-refractivity contribution in [2.45, 2.75) is 6.54 Å². The van der Waals surface area contributed by atoms with Gasteiger partial charge in [-0.15, -0.1) is 0 Å². The van der Waals surface area contributed by atoms with Crippen molar-refractivity contribution in [3.63, 3.8) is 0 Å². The number of nitrogens with one attached hydrogen (secondary N) is 1. The summed E-state index contributed by atoms with van der Waals surface area (Å²) in [5.41, 5.74) is 1.32. The fraction of sp³-hybridized carbons (Fsp3) is 0.125. The van der Waals surface area contributed by atoms with Crippen LogP contribution in [0.5, 0.6) is 5.75 Å². The Bertz CT molecular complexity index is 871. The second-order valence-electron chi connectivity index (χ2n) is 4.78. The molecule has 0 saturated heterocycles. The number of aromatic nitrogens is 2. The third-order valence-corrected chi connectivity index (χ3v) is 3.30. The van der Waals surface area contributed by atoms with Crippen molar-refractivity contribution in [1.29, 1.82) is 0 Å². The van der Waals surface area contributed by atoms with Gasteiger partial charge < -0.3 is 10.1 Å². The molecule has 1 N–H and O–H groups in total. The monoisotopic (exact) mass is 319 g/mol. The Labute approximate surface area is 129 Å². The molecule has 0 aliphatic carbocycles. The van der Waals surface area contributed by atoms with Gasteiger partial charge in [-0.1, -0.05) is 12.1 Å². The number of methoxy groups -OCH3 is 1. The molecule has 0 aliphatic heterocycles. The van der Waals surface area contributed by atoms with Gasteiger partial charge in [0.15, 0.2) is 17.4 Å². The summed E-state index contributed by atoms with van der Waals surface area (Å²) in [6.45, 7) is -0.0909. The molecule has 0 atom stereocenters. The summed E-state index contributed by atoms with van der Waals surface area (Å²) in [5, 5.41) is 2.83. The Morgan fingerprint density at radius 3 is 2.57 bits per heavy atom. The van der Waals surface area contributed by atoms with E-state index in [1.54, 1.807) is 6.07 Å². The number of ether oxygens (including phenoxy) is 1. The predicted octanol–water partition coefficient (Wildman–Crippen LogP) is 3.67. The second kappa shape index (κ2) is 6.12. The molecule has 4 nitrogen and oxygen atoms in total. The number of anilines is 1. The van der Waals surface area contributed by atoms with Crippen molar-refractivity contribution in [1.82, 2.24) is 9.97 Å². The van der Waals surface area contributed by atoms with Gasteiger partial charge in [-0.25, -0.2) is 13.8 Å². The number of hydrogen-bond acceptors (Lipinski definition) is 4. The van der Waals surface area contributed by atoms with Crippen LogP contribution < -0.4 is 10.1 Å². The van der Waals surface area contributed by atoms with Crippen LogP contribution in [0.1, 0.15) is 5.56 Å². The number of fused-ring (bicyclic) bond motifs is 1. The van der Waals surface area contributed by atoms with E-state index in [0.29, 0.717) is 11.3 Å². The van der Waals surface area contributed by atoms with Crippen molar-refractivity contribution >= 4 is 16.9 Å². The molecule has 0 saturated carbocycles. The highest BCUT2D eigenvalue weighted by molar-refractivity contribution is 5.75. The molecule has 0 aliphatic rings. The maximum Gasteiger partial charge on any atom is 0.203 e. The number of nitrogens with zero attached hydrogens (tertiary/aromatic N) is 2. The fourth-order valence-corrected chi connectivity index (χ4v) is 2.17. The van der Waals surface area contributed by atoms with Crippen LogP contribution in [-0.4, -0.2) is 17.1 Å². The lowest BCUT2D eigenvalue weighted by Gasteiger charge is -2.11. The number of para-hydroxylation sites is 2. The van der Waals surface area contributed by atoms with Gasteiger partial charge >= 0.3 is 0 Å². The third-order valence-electron chi connectivity index (χ3n) is 3.30. The molecular formula is C16H12F3N3O. The largest absolute Gasteiger partial charge is 0.491 e. The van der Waals surface area contributed by atoms with E-state index in [2.05, 4.69) is 20.0 Å². The maximum absolute atomic E-state index is 14.1. The van der Waals surface area contributed by atoms with E-state index in [-0.39, 0.29) is 12.1 Å². The van der Waals surface area contributed by atoms with E-state index in [4.69, 9.17) is 0 Å². The molecule has 0 radical (unpaired) electrons. The number of rotatable bonds is 4. The minimum Gasteiger partial charge on any atom is -0.491 e. The summed E-state index contributed by atoms with van der Waals surface area (Å²) in [4.78, 5) is 8.51. The molecule has 3 aromatic rings. The highest BCUT2D eigenvalue weighted by Gasteiger charge is 2.19. The van der Waals surface area contributed by atoms with Crippen LogP contribution in [0.3, 0.4) is 0 Å². The van der Waals surface area contributed by atoms with Crippen molar-refractivity contribution in [2.75, 3.05) is 12.4 Å². The van der Waals surface area contributed by atoms with E-state index in [0.717, 1.165) is 18.7 Å².